The van der Waals surface area contributed by atoms with E-state index in [4.69, 9.17) is 25.8 Å². The second-order valence-corrected chi connectivity index (χ2v) is 9.85. The summed E-state index contributed by atoms with van der Waals surface area (Å²) < 4.78 is 18.3. The minimum absolute atomic E-state index is 0.228. The van der Waals surface area contributed by atoms with E-state index in [0.717, 1.165) is 4.88 Å². The number of halogens is 1. The van der Waals surface area contributed by atoms with Gasteiger partial charge in [0, 0.05) is 4.88 Å². The largest absolute Gasteiger partial charge is 0.493 e. The number of methoxy groups -OCH3 is 1. The van der Waals surface area contributed by atoms with Crippen molar-refractivity contribution in [3.8, 4) is 11.5 Å². The van der Waals surface area contributed by atoms with E-state index in [1.165, 1.54) is 29.8 Å². The molecule has 1 atom stereocenters. The number of carbonyl (C=O) groups excluding carboxylic acids is 1. The second kappa shape index (κ2) is 10.6. The van der Waals surface area contributed by atoms with Crippen LogP contribution in [0.25, 0.3) is 6.08 Å². The van der Waals surface area contributed by atoms with Gasteiger partial charge in [0.2, 0.25) is 0 Å². The third-order valence-electron chi connectivity index (χ3n) is 5.22. The van der Waals surface area contributed by atoms with Crippen molar-refractivity contribution in [2.75, 3.05) is 20.3 Å². The minimum Gasteiger partial charge on any atom is -0.493 e. The van der Waals surface area contributed by atoms with Gasteiger partial charge in [0.1, 0.15) is 12.6 Å². The highest BCUT2D eigenvalue weighted by molar-refractivity contribution is 7.10. The first-order chi connectivity index (χ1) is 16.9. The Bertz CT molecular complexity index is 1480. The van der Waals surface area contributed by atoms with Crippen LogP contribution in [0, 0.1) is 0 Å². The number of thiazole rings is 1. The van der Waals surface area contributed by atoms with Gasteiger partial charge in [-0.15, -0.1) is 11.3 Å². The molecule has 10 heteroatoms. The maximum atomic E-state index is 13.6. The van der Waals surface area contributed by atoms with Crippen LogP contribution in [0.1, 0.15) is 30.3 Å². The smallest absolute Gasteiger partial charge is 0.338 e. The van der Waals surface area contributed by atoms with Crippen LogP contribution < -0.4 is 24.4 Å². The fourth-order valence-electron chi connectivity index (χ4n) is 3.76. The van der Waals surface area contributed by atoms with Gasteiger partial charge >= 0.3 is 5.97 Å². The highest BCUT2D eigenvalue weighted by atomic mass is 35.5. The van der Waals surface area contributed by atoms with Gasteiger partial charge in [0.15, 0.2) is 16.3 Å². The van der Waals surface area contributed by atoms with E-state index in [1.807, 2.05) is 17.5 Å². The van der Waals surface area contributed by atoms with Crippen molar-refractivity contribution >= 4 is 46.3 Å². The van der Waals surface area contributed by atoms with E-state index >= 15 is 0 Å². The topological polar surface area (TPSA) is 79.1 Å². The fraction of sp³-hybridized carbons (Fsp3) is 0.240. The number of carbonyl (C=O) groups is 1. The molecule has 0 amide bonds. The lowest BCUT2D eigenvalue weighted by Crippen LogP contribution is -2.39. The van der Waals surface area contributed by atoms with Gasteiger partial charge in [-0.05, 0) is 49.1 Å². The lowest BCUT2D eigenvalue weighted by Gasteiger charge is -2.23. The number of rotatable bonds is 8. The van der Waals surface area contributed by atoms with Crippen molar-refractivity contribution in [2.45, 2.75) is 19.9 Å². The minimum atomic E-state index is -0.611. The zero-order valence-electron chi connectivity index (χ0n) is 19.4. The molecule has 0 saturated heterocycles. The van der Waals surface area contributed by atoms with Gasteiger partial charge in [0.05, 0.1) is 34.5 Å². The summed E-state index contributed by atoms with van der Waals surface area (Å²) in [5.41, 5.74) is 1.30. The highest BCUT2D eigenvalue weighted by Crippen LogP contribution is 2.37. The molecular formula is C25H23ClN2O5S2. The highest BCUT2D eigenvalue weighted by Gasteiger charge is 2.33. The maximum absolute atomic E-state index is 13.6. The van der Waals surface area contributed by atoms with Crippen LogP contribution >= 0.6 is 34.3 Å². The molecule has 0 fully saturated rings. The summed E-state index contributed by atoms with van der Waals surface area (Å²) in [5.74, 6) is 0.364. The first-order valence-corrected chi connectivity index (χ1v) is 12.8. The SMILES string of the molecule is C=CCOc1c(Cl)cc(/C=c2\sc3n(c2=O)[C@H](c2cccs2)C(C(=O)OCC)=C(C)N=3)cc1OC. The van der Waals surface area contributed by atoms with Crippen molar-refractivity contribution in [2.24, 2.45) is 4.99 Å². The van der Waals surface area contributed by atoms with Crippen LogP contribution in [0.2, 0.25) is 5.02 Å². The normalized spacial score (nSPS) is 15.4. The van der Waals surface area contributed by atoms with Crippen molar-refractivity contribution in [3.63, 3.8) is 0 Å². The average molecular weight is 531 g/mol. The number of aromatic nitrogens is 1. The molecule has 0 aliphatic carbocycles. The third kappa shape index (κ3) is 4.84. The van der Waals surface area contributed by atoms with Crippen molar-refractivity contribution in [3.05, 3.63) is 88.7 Å². The summed E-state index contributed by atoms with van der Waals surface area (Å²) >= 11 is 9.15. The van der Waals surface area contributed by atoms with E-state index in [2.05, 4.69) is 11.6 Å². The molecule has 0 N–H and O–H groups in total. The molecule has 2 aromatic heterocycles. The third-order valence-corrected chi connectivity index (χ3v) is 7.41. The van der Waals surface area contributed by atoms with E-state index < -0.39 is 12.0 Å². The van der Waals surface area contributed by atoms with E-state index in [0.29, 0.717) is 42.7 Å². The zero-order valence-corrected chi connectivity index (χ0v) is 21.8. The van der Waals surface area contributed by atoms with Crippen molar-refractivity contribution in [1.29, 1.82) is 0 Å². The number of thiophene rings is 1. The molecule has 7 nitrogen and oxygen atoms in total. The van der Waals surface area contributed by atoms with Gasteiger partial charge in [-0.1, -0.05) is 41.7 Å². The molecule has 1 aliphatic rings. The summed E-state index contributed by atoms with van der Waals surface area (Å²) in [5, 5.41) is 2.26. The maximum Gasteiger partial charge on any atom is 0.338 e. The van der Waals surface area contributed by atoms with Crippen LogP contribution in [-0.2, 0) is 9.53 Å². The lowest BCUT2D eigenvalue weighted by molar-refractivity contribution is -0.139. The number of benzene rings is 1. The van der Waals surface area contributed by atoms with Crippen LogP contribution in [0.3, 0.4) is 0 Å². The standard InChI is InChI=1S/C25H23ClN2O5S2/c1-5-9-33-22-16(26)11-15(12-17(22)31-4)13-19-23(29)28-21(18-8-7-10-34-18)20(24(30)32-6-2)14(3)27-25(28)35-19/h5,7-8,10-13,21H,1,6,9H2,2-4H3/b19-13-/t21-/m1/s1. The molecule has 3 heterocycles. The number of fused-ring (bicyclic) bond motifs is 1. The van der Waals surface area contributed by atoms with Gasteiger partial charge < -0.3 is 14.2 Å². The molecule has 0 radical (unpaired) electrons. The van der Waals surface area contributed by atoms with E-state index in [1.54, 1.807) is 42.7 Å². The average Bonchev–Trinajstić information content (AvgIpc) is 3.46. The number of ether oxygens (including phenoxy) is 3. The van der Waals surface area contributed by atoms with Crippen LogP contribution in [0.5, 0.6) is 11.5 Å². The Labute approximate surface area is 214 Å². The summed E-state index contributed by atoms with van der Waals surface area (Å²) in [6.07, 6.45) is 3.34. The van der Waals surface area contributed by atoms with Gasteiger partial charge in [-0.25, -0.2) is 9.79 Å². The molecule has 0 bridgehead atoms. The van der Waals surface area contributed by atoms with Crippen LogP contribution in [0.15, 0.2) is 63.4 Å². The Morgan fingerprint density at radius 2 is 2.17 bits per heavy atom. The van der Waals surface area contributed by atoms with Crippen LogP contribution in [-0.4, -0.2) is 30.9 Å². The second-order valence-electron chi connectivity index (χ2n) is 7.45. The summed E-state index contributed by atoms with van der Waals surface area (Å²) in [6.45, 7) is 7.65. The molecule has 35 heavy (non-hydrogen) atoms. The number of hydrogen-bond donors (Lipinski definition) is 0. The Kier molecular flexibility index (Phi) is 7.59. The van der Waals surface area contributed by atoms with Gasteiger partial charge in [-0.2, -0.15) is 0 Å². The number of hydrogen-bond acceptors (Lipinski definition) is 8. The summed E-state index contributed by atoms with van der Waals surface area (Å²) in [6, 6.07) is 6.62. The molecule has 1 aromatic carbocycles. The molecule has 1 aliphatic heterocycles. The Morgan fingerprint density at radius 3 is 2.83 bits per heavy atom. The van der Waals surface area contributed by atoms with Crippen molar-refractivity contribution < 1.29 is 19.0 Å². The molecular weight excluding hydrogens is 508 g/mol. The van der Waals surface area contributed by atoms with E-state index in [-0.39, 0.29) is 18.8 Å². The van der Waals surface area contributed by atoms with Crippen molar-refractivity contribution in [1.82, 2.24) is 4.57 Å². The van der Waals surface area contributed by atoms with Crippen LogP contribution in [0.4, 0.5) is 0 Å². The molecule has 0 spiro atoms. The predicted molar refractivity (Wildman–Crippen MR) is 138 cm³/mol. The summed E-state index contributed by atoms with van der Waals surface area (Å²) in [7, 11) is 1.52. The molecule has 0 saturated carbocycles. The quantitative estimate of drug-likeness (QED) is 0.324. The Hall–Kier alpha value is -3.14. The molecule has 3 aromatic rings. The number of esters is 1. The predicted octanol–water partition coefficient (Wildman–Crippen LogP) is 4.09. The first-order valence-electron chi connectivity index (χ1n) is 10.7. The number of allylic oxidation sites excluding steroid dienone is 1. The Morgan fingerprint density at radius 1 is 1.37 bits per heavy atom. The first kappa shape index (κ1) is 25.0. The monoisotopic (exact) mass is 530 g/mol. The van der Waals surface area contributed by atoms with Gasteiger partial charge in [-0.3, -0.25) is 9.36 Å². The summed E-state index contributed by atoms with van der Waals surface area (Å²) in [4.78, 5) is 32.4. The lowest BCUT2D eigenvalue weighted by atomic mass is 10.0. The van der Waals surface area contributed by atoms with Gasteiger partial charge in [0.25, 0.3) is 5.56 Å². The molecule has 182 valence electrons. The molecule has 0 unspecified atom stereocenters. The molecule has 4 rings (SSSR count). The fourth-order valence-corrected chi connectivity index (χ4v) is 5.91. The Balaban J connectivity index is 1.87. The zero-order chi connectivity index (χ0) is 25.1. The number of nitrogens with zero attached hydrogens (tertiary/aromatic N) is 2. The van der Waals surface area contributed by atoms with E-state index in [9.17, 15) is 9.59 Å².